The quantitative estimate of drug-likeness (QED) is 0.222. The molecule has 0 aliphatic heterocycles. The summed E-state index contributed by atoms with van der Waals surface area (Å²) in [6.07, 6.45) is -2.00. The van der Waals surface area contributed by atoms with E-state index in [0.29, 0.717) is 12.7 Å². The molecular formula is C10H14F2O4. The SMILES string of the molecule is CCCOC(=O)C(=COCC)C(=O)C(F)F. The molecule has 0 unspecified atom stereocenters. The average molecular weight is 236 g/mol. The van der Waals surface area contributed by atoms with E-state index in [1.54, 1.807) is 13.8 Å². The van der Waals surface area contributed by atoms with Crippen LogP contribution < -0.4 is 0 Å². The van der Waals surface area contributed by atoms with Gasteiger partial charge < -0.3 is 9.47 Å². The lowest BCUT2D eigenvalue weighted by Crippen LogP contribution is -2.22. The molecule has 16 heavy (non-hydrogen) atoms. The van der Waals surface area contributed by atoms with Gasteiger partial charge in [-0.25, -0.2) is 13.6 Å². The number of ether oxygens (including phenoxy) is 2. The maximum absolute atomic E-state index is 12.1. The Hall–Kier alpha value is -1.46. The van der Waals surface area contributed by atoms with Crippen molar-refractivity contribution < 1.29 is 27.8 Å². The molecule has 0 aliphatic rings. The minimum absolute atomic E-state index is 0.0683. The molecule has 0 aromatic heterocycles. The summed E-state index contributed by atoms with van der Waals surface area (Å²) in [5, 5.41) is 0. The van der Waals surface area contributed by atoms with Crippen LogP contribution in [0.25, 0.3) is 0 Å². The van der Waals surface area contributed by atoms with Gasteiger partial charge >= 0.3 is 12.4 Å². The zero-order valence-corrected chi connectivity index (χ0v) is 9.16. The van der Waals surface area contributed by atoms with Gasteiger partial charge in [0.1, 0.15) is 11.8 Å². The van der Waals surface area contributed by atoms with E-state index in [4.69, 9.17) is 0 Å². The Morgan fingerprint density at radius 1 is 1.31 bits per heavy atom. The van der Waals surface area contributed by atoms with Gasteiger partial charge in [0, 0.05) is 0 Å². The zero-order valence-electron chi connectivity index (χ0n) is 9.16. The summed E-state index contributed by atoms with van der Waals surface area (Å²) in [4.78, 5) is 22.2. The number of carbonyl (C=O) groups excluding carboxylic acids is 2. The molecule has 0 aromatic rings. The van der Waals surface area contributed by atoms with Crippen LogP contribution in [0.15, 0.2) is 11.8 Å². The fourth-order valence-corrected chi connectivity index (χ4v) is 0.764. The molecular weight excluding hydrogens is 222 g/mol. The van der Waals surface area contributed by atoms with Crippen molar-refractivity contribution in [1.82, 2.24) is 0 Å². The first-order valence-electron chi connectivity index (χ1n) is 4.85. The lowest BCUT2D eigenvalue weighted by atomic mass is 10.2. The van der Waals surface area contributed by atoms with Crippen molar-refractivity contribution >= 4 is 11.8 Å². The first kappa shape index (κ1) is 14.5. The van der Waals surface area contributed by atoms with Crippen LogP contribution in [0.2, 0.25) is 0 Å². The number of ketones is 1. The van der Waals surface area contributed by atoms with Crippen molar-refractivity contribution in [3.63, 3.8) is 0 Å². The number of alkyl halides is 2. The van der Waals surface area contributed by atoms with E-state index >= 15 is 0 Å². The normalized spacial score (nSPS) is 11.4. The van der Waals surface area contributed by atoms with Crippen LogP contribution in [0.3, 0.4) is 0 Å². The molecule has 0 spiro atoms. The minimum Gasteiger partial charge on any atom is -0.500 e. The Morgan fingerprint density at radius 3 is 2.38 bits per heavy atom. The topological polar surface area (TPSA) is 52.6 Å². The largest absolute Gasteiger partial charge is 0.500 e. The van der Waals surface area contributed by atoms with Gasteiger partial charge in [-0.05, 0) is 13.3 Å². The van der Waals surface area contributed by atoms with Crippen molar-refractivity contribution in [3.8, 4) is 0 Å². The molecule has 0 radical (unpaired) electrons. The summed E-state index contributed by atoms with van der Waals surface area (Å²) in [6, 6.07) is 0. The summed E-state index contributed by atoms with van der Waals surface area (Å²) in [6.45, 7) is 3.58. The van der Waals surface area contributed by atoms with Crippen LogP contribution in [0.5, 0.6) is 0 Å². The summed E-state index contributed by atoms with van der Waals surface area (Å²) >= 11 is 0. The summed E-state index contributed by atoms with van der Waals surface area (Å²) in [5.41, 5.74) is -0.759. The zero-order chi connectivity index (χ0) is 12.6. The van der Waals surface area contributed by atoms with Crippen LogP contribution in [0.1, 0.15) is 20.3 Å². The highest BCUT2D eigenvalue weighted by Crippen LogP contribution is 2.08. The van der Waals surface area contributed by atoms with E-state index < -0.39 is 23.8 Å². The van der Waals surface area contributed by atoms with E-state index in [2.05, 4.69) is 9.47 Å². The number of hydrogen-bond acceptors (Lipinski definition) is 4. The Balaban J connectivity index is 4.67. The predicted molar refractivity (Wildman–Crippen MR) is 52.0 cm³/mol. The minimum atomic E-state index is -3.25. The van der Waals surface area contributed by atoms with Crippen molar-refractivity contribution in [2.24, 2.45) is 0 Å². The molecule has 4 nitrogen and oxygen atoms in total. The molecule has 0 heterocycles. The first-order chi connectivity index (χ1) is 7.54. The number of esters is 1. The molecule has 0 bridgehead atoms. The standard InChI is InChI=1S/C10H14F2O4/c1-3-5-16-10(14)7(6-15-4-2)8(13)9(11)12/h6,9H,3-5H2,1-2H3. The molecule has 0 aromatic carbocycles. The molecule has 0 N–H and O–H groups in total. The molecule has 0 aliphatic carbocycles. The van der Waals surface area contributed by atoms with E-state index in [1.807, 2.05) is 0 Å². The first-order valence-corrected chi connectivity index (χ1v) is 4.85. The van der Waals surface area contributed by atoms with Gasteiger partial charge in [0.05, 0.1) is 13.2 Å². The molecule has 6 heteroatoms. The third kappa shape index (κ3) is 4.86. The highest BCUT2D eigenvalue weighted by Gasteiger charge is 2.27. The Bertz CT molecular complexity index is 274. The predicted octanol–water partition coefficient (Wildman–Crippen LogP) is 1.69. The molecule has 0 saturated heterocycles. The van der Waals surface area contributed by atoms with Gasteiger partial charge in [0.25, 0.3) is 0 Å². The van der Waals surface area contributed by atoms with Gasteiger partial charge in [-0.2, -0.15) is 0 Å². The van der Waals surface area contributed by atoms with Gasteiger partial charge in [-0.3, -0.25) is 4.79 Å². The number of Topliss-reactive ketones (excluding diaryl/α,β-unsaturated/α-hetero) is 1. The second-order valence-corrected chi connectivity index (χ2v) is 2.79. The number of carbonyl (C=O) groups is 2. The van der Waals surface area contributed by atoms with Gasteiger partial charge in [0.15, 0.2) is 0 Å². The Labute approximate surface area is 92.2 Å². The summed E-state index contributed by atoms with van der Waals surface area (Å²) in [7, 11) is 0. The van der Waals surface area contributed by atoms with Crippen LogP contribution in [0, 0.1) is 0 Å². The lowest BCUT2D eigenvalue weighted by molar-refractivity contribution is -0.142. The molecule has 92 valence electrons. The van der Waals surface area contributed by atoms with E-state index in [0.717, 1.165) is 0 Å². The third-order valence-corrected chi connectivity index (χ3v) is 1.49. The van der Waals surface area contributed by atoms with Crippen LogP contribution in [-0.2, 0) is 19.1 Å². The third-order valence-electron chi connectivity index (χ3n) is 1.49. The maximum Gasteiger partial charge on any atom is 0.345 e. The van der Waals surface area contributed by atoms with Crippen LogP contribution in [-0.4, -0.2) is 31.4 Å². The monoisotopic (exact) mass is 236 g/mol. The Morgan fingerprint density at radius 2 is 1.94 bits per heavy atom. The molecule has 0 atom stereocenters. The number of halogens is 2. The Kier molecular flexibility index (Phi) is 7.07. The van der Waals surface area contributed by atoms with E-state index in [1.165, 1.54) is 0 Å². The summed E-state index contributed by atoms with van der Waals surface area (Å²) < 4.78 is 33.5. The van der Waals surface area contributed by atoms with E-state index in [9.17, 15) is 18.4 Å². The number of rotatable bonds is 7. The van der Waals surface area contributed by atoms with E-state index in [-0.39, 0.29) is 13.2 Å². The average Bonchev–Trinajstić information content (AvgIpc) is 2.26. The molecule has 0 amide bonds. The molecule has 0 saturated carbocycles. The maximum atomic E-state index is 12.1. The second kappa shape index (κ2) is 7.78. The lowest BCUT2D eigenvalue weighted by Gasteiger charge is -2.06. The highest BCUT2D eigenvalue weighted by molar-refractivity contribution is 6.18. The summed E-state index contributed by atoms with van der Waals surface area (Å²) in [5.74, 6) is -2.67. The fourth-order valence-electron chi connectivity index (χ4n) is 0.764. The molecule has 0 rings (SSSR count). The smallest absolute Gasteiger partial charge is 0.345 e. The van der Waals surface area contributed by atoms with Crippen molar-refractivity contribution in [1.29, 1.82) is 0 Å². The number of hydrogen-bond donors (Lipinski definition) is 0. The van der Waals surface area contributed by atoms with Gasteiger partial charge in [0.2, 0.25) is 5.78 Å². The fraction of sp³-hybridized carbons (Fsp3) is 0.600. The van der Waals surface area contributed by atoms with Gasteiger partial charge in [-0.15, -0.1) is 0 Å². The van der Waals surface area contributed by atoms with Crippen molar-refractivity contribution in [2.75, 3.05) is 13.2 Å². The van der Waals surface area contributed by atoms with Crippen molar-refractivity contribution in [2.45, 2.75) is 26.7 Å². The second-order valence-electron chi connectivity index (χ2n) is 2.79. The van der Waals surface area contributed by atoms with Crippen LogP contribution in [0.4, 0.5) is 8.78 Å². The van der Waals surface area contributed by atoms with Crippen molar-refractivity contribution in [3.05, 3.63) is 11.8 Å². The highest BCUT2D eigenvalue weighted by atomic mass is 19.3. The van der Waals surface area contributed by atoms with Gasteiger partial charge in [-0.1, -0.05) is 6.92 Å². The molecule has 0 fully saturated rings. The van der Waals surface area contributed by atoms with Crippen LogP contribution >= 0.6 is 0 Å².